The summed E-state index contributed by atoms with van der Waals surface area (Å²) in [5.74, 6) is 1.47. The van der Waals surface area contributed by atoms with E-state index in [1.165, 1.54) is 27.1 Å². The number of benzene rings is 7. The Morgan fingerprint density at radius 2 is 1.08 bits per heavy atom. The summed E-state index contributed by atoms with van der Waals surface area (Å²) >= 11 is 0. The van der Waals surface area contributed by atoms with Gasteiger partial charge in [-0.3, -0.25) is 4.98 Å². The van der Waals surface area contributed by atoms with Crippen molar-refractivity contribution >= 4 is 44.0 Å². The SMILES string of the molecule is c1ccc(C2=NC(c3ccccc3)NC(c3cc(-c4nccc5ccccc45)cc(-c4cc5ccccc5c5ccccc45)c3)=N2)cc1. The van der Waals surface area contributed by atoms with Gasteiger partial charge in [-0.05, 0) is 74.0 Å². The summed E-state index contributed by atoms with van der Waals surface area (Å²) in [6.45, 7) is 0. The van der Waals surface area contributed by atoms with Crippen molar-refractivity contribution in [2.45, 2.75) is 6.17 Å². The van der Waals surface area contributed by atoms with Crippen LogP contribution in [0.2, 0.25) is 0 Å². The summed E-state index contributed by atoms with van der Waals surface area (Å²) in [4.78, 5) is 15.2. The normalized spacial score (nSPS) is 14.5. The van der Waals surface area contributed by atoms with Crippen LogP contribution >= 0.6 is 0 Å². The Balaban J connectivity index is 1.30. The van der Waals surface area contributed by atoms with Gasteiger partial charge >= 0.3 is 0 Å². The van der Waals surface area contributed by atoms with Gasteiger partial charge in [0, 0.05) is 28.3 Å². The molecule has 4 nitrogen and oxygen atoms in total. The van der Waals surface area contributed by atoms with Gasteiger partial charge in [0.25, 0.3) is 0 Å². The maximum atomic E-state index is 5.18. The average Bonchev–Trinajstić information content (AvgIpc) is 3.17. The fourth-order valence-electron chi connectivity index (χ4n) is 6.82. The number of aliphatic imine (C=N–C) groups is 2. The van der Waals surface area contributed by atoms with Gasteiger partial charge in [0.2, 0.25) is 0 Å². The van der Waals surface area contributed by atoms with Crippen LogP contribution in [-0.4, -0.2) is 16.7 Å². The van der Waals surface area contributed by atoms with E-state index in [2.05, 4.69) is 145 Å². The first-order valence-corrected chi connectivity index (χ1v) is 16.2. The van der Waals surface area contributed by atoms with E-state index in [0.29, 0.717) is 5.84 Å². The van der Waals surface area contributed by atoms with Crippen LogP contribution in [0, 0.1) is 0 Å². The maximum absolute atomic E-state index is 5.18. The van der Waals surface area contributed by atoms with Gasteiger partial charge in [-0.25, -0.2) is 9.98 Å². The third-order valence-electron chi connectivity index (χ3n) is 9.12. The number of nitrogens with one attached hydrogen (secondary N) is 1. The molecule has 0 bridgehead atoms. The Bertz CT molecular complexity index is 2530. The van der Waals surface area contributed by atoms with Crippen LogP contribution in [-0.2, 0) is 0 Å². The van der Waals surface area contributed by atoms with Crippen LogP contribution in [0.15, 0.2) is 180 Å². The lowest BCUT2D eigenvalue weighted by Gasteiger charge is -2.24. The molecule has 4 heteroatoms. The molecule has 0 aliphatic carbocycles. The van der Waals surface area contributed by atoms with Gasteiger partial charge in [-0.1, -0.05) is 133 Å². The lowest BCUT2D eigenvalue weighted by molar-refractivity contribution is 0.674. The molecule has 1 unspecified atom stereocenters. The minimum atomic E-state index is -0.293. The van der Waals surface area contributed by atoms with Gasteiger partial charge in [-0.2, -0.15) is 0 Å². The van der Waals surface area contributed by atoms with E-state index < -0.39 is 0 Å². The van der Waals surface area contributed by atoms with E-state index >= 15 is 0 Å². The zero-order chi connectivity index (χ0) is 31.9. The zero-order valence-corrected chi connectivity index (χ0v) is 26.1. The van der Waals surface area contributed by atoms with E-state index in [0.717, 1.165) is 50.1 Å². The van der Waals surface area contributed by atoms with Crippen molar-refractivity contribution in [2.75, 3.05) is 0 Å². The molecule has 0 saturated carbocycles. The summed E-state index contributed by atoms with van der Waals surface area (Å²) in [6.07, 6.45) is 1.61. The molecule has 48 heavy (non-hydrogen) atoms. The number of hydrogen-bond donors (Lipinski definition) is 1. The summed E-state index contributed by atoms with van der Waals surface area (Å²) < 4.78 is 0. The van der Waals surface area contributed by atoms with Crippen molar-refractivity contribution in [2.24, 2.45) is 9.98 Å². The summed E-state index contributed by atoms with van der Waals surface area (Å²) in [7, 11) is 0. The second-order valence-electron chi connectivity index (χ2n) is 12.1. The fraction of sp³-hybridized carbons (Fsp3) is 0.0227. The van der Waals surface area contributed by atoms with E-state index in [1.807, 2.05) is 30.5 Å². The van der Waals surface area contributed by atoms with Crippen molar-refractivity contribution < 1.29 is 0 Å². The third kappa shape index (κ3) is 5.01. The van der Waals surface area contributed by atoms with Crippen LogP contribution in [0.4, 0.5) is 0 Å². The second-order valence-corrected chi connectivity index (χ2v) is 12.1. The van der Waals surface area contributed by atoms with Gasteiger partial charge in [0.1, 0.15) is 12.0 Å². The van der Waals surface area contributed by atoms with Gasteiger partial charge < -0.3 is 5.32 Å². The Hall–Kier alpha value is -6.39. The molecule has 1 aromatic heterocycles. The molecular weight excluding hydrogens is 585 g/mol. The van der Waals surface area contributed by atoms with E-state index in [4.69, 9.17) is 15.0 Å². The number of rotatable bonds is 5. The van der Waals surface area contributed by atoms with Crippen molar-refractivity contribution in [3.05, 3.63) is 187 Å². The van der Waals surface area contributed by atoms with Crippen LogP contribution in [0.3, 0.4) is 0 Å². The minimum Gasteiger partial charge on any atom is -0.344 e. The molecule has 0 fully saturated rings. The van der Waals surface area contributed by atoms with E-state index in [-0.39, 0.29) is 6.17 Å². The largest absolute Gasteiger partial charge is 0.344 e. The number of pyridine rings is 1. The third-order valence-corrected chi connectivity index (χ3v) is 9.12. The Morgan fingerprint density at radius 3 is 1.90 bits per heavy atom. The highest BCUT2D eigenvalue weighted by Crippen LogP contribution is 2.38. The zero-order valence-electron chi connectivity index (χ0n) is 26.1. The number of aromatic nitrogens is 1. The second kappa shape index (κ2) is 11.8. The molecular formula is C44H30N4. The molecule has 2 heterocycles. The predicted octanol–water partition coefficient (Wildman–Crippen LogP) is 10.4. The van der Waals surface area contributed by atoms with Crippen molar-refractivity contribution in [3.63, 3.8) is 0 Å². The topological polar surface area (TPSA) is 49.6 Å². The number of fused-ring (bicyclic) bond motifs is 4. The Kier molecular flexibility index (Phi) is 6.83. The molecule has 8 aromatic rings. The molecule has 1 N–H and O–H groups in total. The lowest BCUT2D eigenvalue weighted by atomic mass is 9.90. The molecule has 0 amide bonds. The van der Waals surface area contributed by atoms with Gasteiger partial charge in [0.15, 0.2) is 5.84 Å². The number of amidine groups is 2. The van der Waals surface area contributed by atoms with Crippen LogP contribution < -0.4 is 5.32 Å². The predicted molar refractivity (Wildman–Crippen MR) is 199 cm³/mol. The standard InChI is InChI=1S/C44H30N4/c1-3-14-30(15-4-1)42-46-43(31-16-5-2-6-17-31)48-44(47-42)35-26-33(25-34(27-35)41-37-20-10-7-13-29(37)23-24-45-41)40-28-32-18-8-9-19-36(32)38-21-11-12-22-39(38)40/h1-28,42H,(H,46,47,48). The van der Waals surface area contributed by atoms with E-state index in [9.17, 15) is 0 Å². The van der Waals surface area contributed by atoms with Crippen LogP contribution in [0.25, 0.3) is 54.7 Å². The van der Waals surface area contributed by atoms with Crippen LogP contribution in [0.1, 0.15) is 22.9 Å². The molecule has 0 saturated heterocycles. The van der Waals surface area contributed by atoms with Crippen molar-refractivity contribution in [3.8, 4) is 22.4 Å². The highest BCUT2D eigenvalue weighted by atomic mass is 15.2. The fourth-order valence-corrected chi connectivity index (χ4v) is 6.82. The summed E-state index contributed by atoms with van der Waals surface area (Å²) in [6, 6.07) is 57.4. The average molecular weight is 615 g/mol. The molecule has 1 aliphatic heterocycles. The highest BCUT2D eigenvalue weighted by molar-refractivity contribution is 6.16. The first kappa shape index (κ1) is 27.9. The lowest BCUT2D eigenvalue weighted by Crippen LogP contribution is -2.33. The molecule has 7 aromatic carbocycles. The van der Waals surface area contributed by atoms with Crippen molar-refractivity contribution in [1.82, 2.24) is 10.3 Å². The summed E-state index contributed by atoms with van der Waals surface area (Å²) in [5, 5.41) is 10.8. The van der Waals surface area contributed by atoms with Crippen molar-refractivity contribution in [1.29, 1.82) is 0 Å². The molecule has 0 radical (unpaired) electrons. The monoisotopic (exact) mass is 614 g/mol. The quantitative estimate of drug-likeness (QED) is 0.196. The maximum Gasteiger partial charge on any atom is 0.159 e. The molecule has 9 rings (SSSR count). The number of hydrogen-bond acceptors (Lipinski definition) is 4. The van der Waals surface area contributed by atoms with Gasteiger partial charge in [-0.15, -0.1) is 0 Å². The Labute approximate surface area is 278 Å². The molecule has 226 valence electrons. The van der Waals surface area contributed by atoms with E-state index in [1.54, 1.807) is 0 Å². The molecule has 1 atom stereocenters. The minimum absolute atomic E-state index is 0.293. The first-order chi connectivity index (χ1) is 23.8. The Morgan fingerprint density at radius 1 is 0.458 bits per heavy atom. The number of nitrogens with zero attached hydrogens (tertiary/aromatic N) is 3. The highest BCUT2D eigenvalue weighted by Gasteiger charge is 2.23. The first-order valence-electron chi connectivity index (χ1n) is 16.2. The summed E-state index contributed by atoms with van der Waals surface area (Å²) in [5.41, 5.74) is 7.26. The van der Waals surface area contributed by atoms with Gasteiger partial charge in [0.05, 0.1) is 5.69 Å². The molecule has 0 spiro atoms. The smallest absolute Gasteiger partial charge is 0.159 e. The van der Waals surface area contributed by atoms with Crippen LogP contribution in [0.5, 0.6) is 0 Å². The molecule has 1 aliphatic rings.